The molecule has 2 aliphatic rings. The van der Waals surface area contributed by atoms with E-state index >= 15 is 0 Å². The van der Waals surface area contributed by atoms with Crippen LogP contribution in [-0.4, -0.2) is 16.8 Å². The number of hydrogen-bond acceptors (Lipinski definition) is 3. The quantitative estimate of drug-likeness (QED) is 0.383. The fraction of sp³-hybridized carbons (Fsp3) is 0.577. The molecule has 0 spiro atoms. The highest BCUT2D eigenvalue weighted by molar-refractivity contribution is 5.46. The van der Waals surface area contributed by atoms with E-state index in [1.165, 1.54) is 24.8 Å². The van der Waals surface area contributed by atoms with Gasteiger partial charge in [-0.25, -0.2) is 0 Å². The Morgan fingerprint density at radius 3 is 2.66 bits per heavy atom. The van der Waals surface area contributed by atoms with Gasteiger partial charge in [0.25, 0.3) is 0 Å². The standard InChI is InChI=1S/C26H35NO2/c1-19(2)22-10-8-20(18-28)16-24(22)23-11-9-21(17-25(23)29)26(13-7-14-26)12-5-3-4-6-15-27/h9,11,16-17,22,24,28-29H,1,3-8,10,12-14,18H2,2H3/t22?,24-/m0/s1. The topological polar surface area (TPSA) is 64.2 Å². The average Bonchev–Trinajstić information content (AvgIpc) is 2.69. The first kappa shape index (κ1) is 21.7. The van der Waals surface area contributed by atoms with Crippen molar-refractivity contribution in [3.63, 3.8) is 0 Å². The van der Waals surface area contributed by atoms with Gasteiger partial charge in [0.2, 0.25) is 0 Å². The minimum Gasteiger partial charge on any atom is -0.508 e. The molecule has 1 aromatic rings. The molecule has 156 valence electrons. The van der Waals surface area contributed by atoms with E-state index in [-0.39, 0.29) is 17.9 Å². The zero-order valence-electron chi connectivity index (χ0n) is 17.8. The number of phenolic OH excluding ortho intramolecular Hbond substituents is 1. The molecule has 1 saturated carbocycles. The highest BCUT2D eigenvalue weighted by atomic mass is 16.3. The van der Waals surface area contributed by atoms with Gasteiger partial charge in [0.05, 0.1) is 12.7 Å². The van der Waals surface area contributed by atoms with E-state index in [1.807, 2.05) is 6.07 Å². The molecule has 3 rings (SSSR count). The van der Waals surface area contributed by atoms with Gasteiger partial charge in [0, 0.05) is 17.9 Å². The van der Waals surface area contributed by atoms with Crippen molar-refractivity contribution in [1.82, 2.24) is 0 Å². The number of rotatable bonds is 9. The summed E-state index contributed by atoms with van der Waals surface area (Å²) >= 11 is 0. The van der Waals surface area contributed by atoms with Crippen LogP contribution in [0.1, 0.15) is 88.2 Å². The van der Waals surface area contributed by atoms with Gasteiger partial charge < -0.3 is 10.2 Å². The Bertz CT molecular complexity index is 797. The highest BCUT2D eigenvalue weighted by Crippen LogP contribution is 2.50. The zero-order valence-corrected chi connectivity index (χ0v) is 17.8. The Morgan fingerprint density at radius 1 is 1.28 bits per heavy atom. The van der Waals surface area contributed by atoms with Crippen LogP contribution in [0.3, 0.4) is 0 Å². The molecule has 2 N–H and O–H groups in total. The molecule has 29 heavy (non-hydrogen) atoms. The van der Waals surface area contributed by atoms with E-state index in [9.17, 15) is 10.2 Å². The SMILES string of the molecule is C=C(C)C1CCC(CO)=C[C@@H]1c1ccc(C2(CCCCCC#N)CCC2)cc1O. The molecule has 3 heteroatoms. The van der Waals surface area contributed by atoms with Crippen molar-refractivity contribution in [2.45, 2.75) is 82.5 Å². The van der Waals surface area contributed by atoms with Gasteiger partial charge in [0.15, 0.2) is 0 Å². The van der Waals surface area contributed by atoms with Crippen LogP contribution < -0.4 is 0 Å². The zero-order chi connectivity index (χ0) is 20.9. The Balaban J connectivity index is 1.80. The molecule has 3 nitrogen and oxygen atoms in total. The normalized spacial score (nSPS) is 23.0. The van der Waals surface area contributed by atoms with E-state index in [0.717, 1.165) is 55.2 Å². The lowest BCUT2D eigenvalue weighted by Gasteiger charge is -2.43. The van der Waals surface area contributed by atoms with Gasteiger partial charge in [0.1, 0.15) is 5.75 Å². The molecule has 0 aromatic heterocycles. The molecule has 2 atom stereocenters. The fourth-order valence-corrected chi connectivity index (χ4v) is 5.25. The van der Waals surface area contributed by atoms with Crippen LogP contribution in [0.25, 0.3) is 0 Å². The summed E-state index contributed by atoms with van der Waals surface area (Å²) in [6.07, 6.45) is 12.7. The van der Waals surface area contributed by atoms with Crippen molar-refractivity contribution in [2.24, 2.45) is 5.92 Å². The van der Waals surface area contributed by atoms with E-state index in [2.05, 4.69) is 37.8 Å². The number of nitrogens with zero attached hydrogens (tertiary/aromatic N) is 1. The van der Waals surface area contributed by atoms with Crippen LogP contribution in [0, 0.1) is 17.2 Å². The van der Waals surface area contributed by atoms with Crippen molar-refractivity contribution in [1.29, 1.82) is 5.26 Å². The van der Waals surface area contributed by atoms with Gasteiger partial charge in [-0.3, -0.25) is 0 Å². The molecular formula is C26H35NO2. The molecule has 1 fully saturated rings. The van der Waals surface area contributed by atoms with Crippen molar-refractivity contribution in [3.8, 4) is 11.8 Å². The third-order valence-corrected chi connectivity index (χ3v) is 7.22. The molecule has 2 aliphatic carbocycles. The van der Waals surface area contributed by atoms with Crippen LogP contribution in [0.15, 0.2) is 42.0 Å². The average molecular weight is 394 g/mol. The Morgan fingerprint density at radius 2 is 2.07 bits per heavy atom. The second-order valence-corrected chi connectivity index (χ2v) is 9.13. The summed E-state index contributed by atoms with van der Waals surface area (Å²) < 4.78 is 0. The number of aliphatic hydroxyl groups is 1. The number of aromatic hydroxyl groups is 1. The van der Waals surface area contributed by atoms with Crippen LogP contribution in [0.4, 0.5) is 0 Å². The minimum absolute atomic E-state index is 0.0840. The number of aliphatic hydroxyl groups excluding tert-OH is 1. The second-order valence-electron chi connectivity index (χ2n) is 9.13. The molecule has 0 heterocycles. The van der Waals surface area contributed by atoms with Gasteiger partial charge in [-0.05, 0) is 74.0 Å². The van der Waals surface area contributed by atoms with Gasteiger partial charge in [-0.1, -0.05) is 49.6 Å². The third kappa shape index (κ3) is 4.75. The fourth-order valence-electron chi connectivity index (χ4n) is 5.25. The predicted molar refractivity (Wildman–Crippen MR) is 118 cm³/mol. The summed E-state index contributed by atoms with van der Waals surface area (Å²) in [6.45, 7) is 6.33. The van der Waals surface area contributed by atoms with E-state index < -0.39 is 0 Å². The molecule has 0 saturated heterocycles. The van der Waals surface area contributed by atoms with Crippen LogP contribution in [0.5, 0.6) is 5.75 Å². The first-order valence-corrected chi connectivity index (χ1v) is 11.2. The van der Waals surface area contributed by atoms with E-state index in [1.54, 1.807) is 0 Å². The maximum Gasteiger partial charge on any atom is 0.119 e. The largest absolute Gasteiger partial charge is 0.508 e. The second kappa shape index (κ2) is 9.63. The van der Waals surface area contributed by atoms with Gasteiger partial charge in [-0.2, -0.15) is 5.26 Å². The Hall–Kier alpha value is -2.05. The molecule has 0 bridgehead atoms. The summed E-state index contributed by atoms with van der Waals surface area (Å²) in [7, 11) is 0. The first-order valence-electron chi connectivity index (χ1n) is 11.2. The number of allylic oxidation sites excluding steroid dienone is 2. The summed E-state index contributed by atoms with van der Waals surface area (Å²) in [5, 5.41) is 29.3. The molecule has 1 aromatic carbocycles. The third-order valence-electron chi connectivity index (χ3n) is 7.22. The lowest BCUT2D eigenvalue weighted by molar-refractivity contribution is 0.218. The van der Waals surface area contributed by atoms with Crippen molar-refractivity contribution in [2.75, 3.05) is 6.61 Å². The lowest BCUT2D eigenvalue weighted by atomic mass is 9.61. The molecular weight excluding hydrogens is 358 g/mol. The summed E-state index contributed by atoms with van der Waals surface area (Å²) in [6, 6.07) is 8.56. The van der Waals surface area contributed by atoms with Crippen LogP contribution >= 0.6 is 0 Å². The van der Waals surface area contributed by atoms with E-state index in [0.29, 0.717) is 18.1 Å². The number of nitriles is 1. The van der Waals surface area contributed by atoms with Crippen molar-refractivity contribution >= 4 is 0 Å². The molecule has 0 radical (unpaired) electrons. The maximum absolute atomic E-state index is 11.0. The first-order chi connectivity index (χ1) is 14.0. The van der Waals surface area contributed by atoms with Crippen molar-refractivity contribution in [3.05, 3.63) is 53.1 Å². The number of benzene rings is 1. The van der Waals surface area contributed by atoms with Gasteiger partial charge >= 0.3 is 0 Å². The van der Waals surface area contributed by atoms with Crippen LogP contribution in [0.2, 0.25) is 0 Å². The summed E-state index contributed by atoms with van der Waals surface area (Å²) in [5.74, 6) is 0.769. The Kier molecular flexibility index (Phi) is 7.19. The predicted octanol–water partition coefficient (Wildman–Crippen LogP) is 6.28. The summed E-state index contributed by atoms with van der Waals surface area (Å²) in [4.78, 5) is 0. The molecule has 1 unspecified atom stereocenters. The Labute approximate surface area is 175 Å². The van der Waals surface area contributed by atoms with Crippen molar-refractivity contribution < 1.29 is 10.2 Å². The smallest absolute Gasteiger partial charge is 0.119 e. The van der Waals surface area contributed by atoms with Gasteiger partial charge in [-0.15, -0.1) is 0 Å². The molecule has 0 amide bonds. The monoisotopic (exact) mass is 393 g/mol. The number of unbranched alkanes of at least 4 members (excludes halogenated alkanes) is 3. The highest BCUT2D eigenvalue weighted by Gasteiger charge is 2.38. The number of hydrogen-bond donors (Lipinski definition) is 2. The van der Waals surface area contributed by atoms with Crippen LogP contribution in [-0.2, 0) is 5.41 Å². The number of phenols is 1. The molecule has 0 aliphatic heterocycles. The van der Waals surface area contributed by atoms with E-state index in [4.69, 9.17) is 5.26 Å². The lowest BCUT2D eigenvalue weighted by Crippen LogP contribution is -2.34. The summed E-state index contributed by atoms with van der Waals surface area (Å²) in [5.41, 5.74) is 4.62. The minimum atomic E-state index is 0.0840. The maximum atomic E-state index is 11.0.